The summed E-state index contributed by atoms with van der Waals surface area (Å²) in [5, 5.41) is 2.93. The smallest absolute Gasteiger partial charge is 0.224 e. The van der Waals surface area contributed by atoms with E-state index in [0.29, 0.717) is 6.42 Å². The van der Waals surface area contributed by atoms with E-state index < -0.39 is 0 Å². The number of anilines is 1. The van der Waals surface area contributed by atoms with Gasteiger partial charge in [0.2, 0.25) is 5.91 Å². The van der Waals surface area contributed by atoms with Crippen molar-refractivity contribution in [2.24, 2.45) is 0 Å². The molecule has 2 aromatic heterocycles. The lowest BCUT2D eigenvalue weighted by Gasteiger charge is -2.05. The zero-order valence-corrected chi connectivity index (χ0v) is 13.5. The fourth-order valence-corrected chi connectivity index (χ4v) is 2.58. The monoisotopic (exact) mass is 307 g/mol. The maximum atomic E-state index is 11.8. The second-order valence-corrected chi connectivity index (χ2v) is 5.78. The molecule has 0 aliphatic carbocycles. The second-order valence-electron chi connectivity index (χ2n) is 5.78. The number of hydrogen-bond acceptors (Lipinski definition) is 2. The number of carbonyl (C=O) groups excluding carboxylic acids is 1. The molecule has 4 heteroatoms. The fraction of sp³-hybridized carbons (Fsp3) is 0.263. The van der Waals surface area contributed by atoms with E-state index in [2.05, 4.69) is 30.2 Å². The van der Waals surface area contributed by atoms with Crippen LogP contribution in [0.5, 0.6) is 0 Å². The molecular weight excluding hydrogens is 286 g/mol. The van der Waals surface area contributed by atoms with Gasteiger partial charge in [-0.2, -0.15) is 0 Å². The molecule has 0 aliphatic rings. The first-order valence-corrected chi connectivity index (χ1v) is 8.02. The van der Waals surface area contributed by atoms with Crippen LogP contribution >= 0.6 is 0 Å². The Morgan fingerprint density at radius 2 is 2.00 bits per heavy atom. The van der Waals surface area contributed by atoms with Gasteiger partial charge in [-0.3, -0.25) is 4.79 Å². The van der Waals surface area contributed by atoms with Gasteiger partial charge in [-0.05, 0) is 37.1 Å². The molecule has 3 aromatic rings. The number of fused-ring (bicyclic) bond motifs is 1. The first-order chi connectivity index (χ1) is 11.2. The van der Waals surface area contributed by atoms with Gasteiger partial charge in [-0.25, -0.2) is 4.98 Å². The Balaban J connectivity index is 1.78. The van der Waals surface area contributed by atoms with Gasteiger partial charge in [-0.1, -0.05) is 31.5 Å². The summed E-state index contributed by atoms with van der Waals surface area (Å²) < 4.78 is 2.03. The molecule has 0 unspecified atom stereocenters. The van der Waals surface area contributed by atoms with Gasteiger partial charge in [0.15, 0.2) is 0 Å². The Kier molecular flexibility index (Phi) is 4.42. The summed E-state index contributed by atoms with van der Waals surface area (Å²) in [5.74, 6) is 0.0722. The van der Waals surface area contributed by atoms with E-state index >= 15 is 0 Å². The zero-order valence-electron chi connectivity index (χ0n) is 13.5. The van der Waals surface area contributed by atoms with Crippen LogP contribution in [0.2, 0.25) is 0 Å². The number of rotatable bonds is 5. The van der Waals surface area contributed by atoms with E-state index in [9.17, 15) is 4.79 Å². The minimum Gasteiger partial charge on any atom is -0.326 e. The number of carbonyl (C=O) groups is 1. The Labute approximate surface area is 136 Å². The van der Waals surface area contributed by atoms with Crippen molar-refractivity contribution >= 4 is 17.2 Å². The number of benzene rings is 1. The average Bonchev–Trinajstić information content (AvgIpc) is 2.99. The standard InChI is InChI=1S/C19H21N3O/c1-3-4-7-18(23)20-16-10-8-15(9-11-16)17-13-22-12-5-6-14(2)19(22)21-17/h5-6,8-13H,3-4,7H2,1-2H3,(H,20,23). The van der Waals surface area contributed by atoms with E-state index in [1.807, 2.05) is 47.1 Å². The summed E-state index contributed by atoms with van der Waals surface area (Å²) in [5.41, 5.74) is 4.93. The third-order valence-corrected chi connectivity index (χ3v) is 3.90. The van der Waals surface area contributed by atoms with Crippen molar-refractivity contribution in [3.8, 4) is 11.3 Å². The first-order valence-electron chi connectivity index (χ1n) is 8.02. The zero-order chi connectivity index (χ0) is 16.2. The average molecular weight is 307 g/mol. The molecule has 23 heavy (non-hydrogen) atoms. The van der Waals surface area contributed by atoms with Gasteiger partial charge in [0.1, 0.15) is 5.65 Å². The molecule has 0 saturated heterocycles. The molecule has 1 amide bonds. The quantitative estimate of drug-likeness (QED) is 0.757. The van der Waals surface area contributed by atoms with E-state index in [4.69, 9.17) is 0 Å². The summed E-state index contributed by atoms with van der Waals surface area (Å²) in [4.78, 5) is 16.4. The molecule has 0 radical (unpaired) electrons. The first kappa shape index (κ1) is 15.3. The molecule has 3 rings (SSSR count). The lowest BCUT2D eigenvalue weighted by Crippen LogP contribution is -2.10. The number of pyridine rings is 1. The number of nitrogens with one attached hydrogen (secondary N) is 1. The molecule has 0 fully saturated rings. The van der Waals surface area contributed by atoms with Gasteiger partial charge in [0, 0.05) is 30.1 Å². The van der Waals surface area contributed by atoms with Crippen LogP contribution in [0, 0.1) is 6.92 Å². The normalized spacial score (nSPS) is 10.9. The maximum Gasteiger partial charge on any atom is 0.224 e. The molecule has 4 nitrogen and oxygen atoms in total. The molecule has 0 aliphatic heterocycles. The number of aryl methyl sites for hydroxylation is 1. The summed E-state index contributed by atoms with van der Waals surface area (Å²) >= 11 is 0. The molecule has 1 aromatic carbocycles. The van der Waals surface area contributed by atoms with Gasteiger partial charge >= 0.3 is 0 Å². The van der Waals surface area contributed by atoms with Gasteiger partial charge in [0.05, 0.1) is 5.69 Å². The Morgan fingerprint density at radius 1 is 1.22 bits per heavy atom. The highest BCUT2D eigenvalue weighted by Gasteiger charge is 2.07. The summed E-state index contributed by atoms with van der Waals surface area (Å²) in [6.45, 7) is 4.14. The van der Waals surface area contributed by atoms with Gasteiger partial charge < -0.3 is 9.72 Å². The van der Waals surface area contributed by atoms with Crippen LogP contribution in [-0.2, 0) is 4.79 Å². The summed E-state index contributed by atoms with van der Waals surface area (Å²) in [7, 11) is 0. The maximum absolute atomic E-state index is 11.8. The third-order valence-electron chi connectivity index (χ3n) is 3.90. The van der Waals surface area contributed by atoms with E-state index in [1.54, 1.807) is 0 Å². The van der Waals surface area contributed by atoms with Crippen molar-refractivity contribution < 1.29 is 4.79 Å². The van der Waals surface area contributed by atoms with Crippen molar-refractivity contribution in [1.82, 2.24) is 9.38 Å². The lowest BCUT2D eigenvalue weighted by molar-refractivity contribution is -0.116. The highest BCUT2D eigenvalue weighted by molar-refractivity contribution is 5.90. The number of unbranched alkanes of at least 4 members (excludes halogenated alkanes) is 1. The number of nitrogens with zero attached hydrogens (tertiary/aromatic N) is 2. The van der Waals surface area contributed by atoms with Crippen LogP contribution in [0.4, 0.5) is 5.69 Å². The van der Waals surface area contributed by atoms with Crippen LogP contribution in [0.15, 0.2) is 48.8 Å². The van der Waals surface area contributed by atoms with E-state index in [-0.39, 0.29) is 5.91 Å². The molecular formula is C19H21N3O. The fourth-order valence-electron chi connectivity index (χ4n) is 2.58. The van der Waals surface area contributed by atoms with Crippen molar-refractivity contribution in [3.05, 3.63) is 54.4 Å². The lowest BCUT2D eigenvalue weighted by atomic mass is 10.1. The van der Waals surface area contributed by atoms with Gasteiger partial charge in [-0.15, -0.1) is 0 Å². The van der Waals surface area contributed by atoms with Crippen molar-refractivity contribution in [3.63, 3.8) is 0 Å². The molecule has 0 saturated carbocycles. The van der Waals surface area contributed by atoms with Gasteiger partial charge in [0.25, 0.3) is 0 Å². The molecule has 0 atom stereocenters. The molecule has 0 spiro atoms. The minimum absolute atomic E-state index is 0.0722. The summed E-state index contributed by atoms with van der Waals surface area (Å²) in [6, 6.07) is 11.9. The highest BCUT2D eigenvalue weighted by Crippen LogP contribution is 2.22. The molecule has 2 heterocycles. The largest absolute Gasteiger partial charge is 0.326 e. The van der Waals surface area contributed by atoms with E-state index in [1.165, 1.54) is 0 Å². The van der Waals surface area contributed by atoms with E-state index in [0.717, 1.165) is 41.0 Å². The predicted molar refractivity (Wildman–Crippen MR) is 93.5 cm³/mol. The van der Waals surface area contributed by atoms with Crippen molar-refractivity contribution in [2.45, 2.75) is 33.1 Å². The Hall–Kier alpha value is -2.62. The number of imidazole rings is 1. The molecule has 118 valence electrons. The van der Waals surface area contributed by atoms with Crippen LogP contribution in [-0.4, -0.2) is 15.3 Å². The van der Waals surface area contributed by atoms with Crippen molar-refractivity contribution in [1.29, 1.82) is 0 Å². The topological polar surface area (TPSA) is 46.4 Å². The van der Waals surface area contributed by atoms with Crippen LogP contribution in [0.1, 0.15) is 31.7 Å². The molecule has 1 N–H and O–H groups in total. The SMILES string of the molecule is CCCCC(=O)Nc1ccc(-c2cn3cccc(C)c3n2)cc1. The Morgan fingerprint density at radius 3 is 2.70 bits per heavy atom. The second kappa shape index (κ2) is 6.65. The van der Waals surface area contributed by atoms with Crippen LogP contribution in [0.25, 0.3) is 16.9 Å². The number of amides is 1. The minimum atomic E-state index is 0.0722. The van der Waals surface area contributed by atoms with Crippen molar-refractivity contribution in [2.75, 3.05) is 5.32 Å². The van der Waals surface area contributed by atoms with Crippen LogP contribution in [0.3, 0.4) is 0 Å². The highest BCUT2D eigenvalue weighted by atomic mass is 16.1. The van der Waals surface area contributed by atoms with Crippen LogP contribution < -0.4 is 5.32 Å². The molecule has 0 bridgehead atoms. The predicted octanol–water partition coefficient (Wildman–Crippen LogP) is 4.44. The number of hydrogen-bond donors (Lipinski definition) is 1. The third kappa shape index (κ3) is 3.42. The number of aromatic nitrogens is 2. The Bertz CT molecular complexity index is 818. The summed E-state index contributed by atoms with van der Waals surface area (Å²) in [6.07, 6.45) is 6.55.